The predicted molar refractivity (Wildman–Crippen MR) is 108 cm³/mol. The predicted octanol–water partition coefficient (Wildman–Crippen LogP) is 4.74. The van der Waals surface area contributed by atoms with E-state index in [4.69, 9.17) is 5.73 Å². The summed E-state index contributed by atoms with van der Waals surface area (Å²) >= 11 is 1.54. The minimum absolute atomic E-state index is 0.0964. The van der Waals surface area contributed by atoms with Gasteiger partial charge in [-0.3, -0.25) is 0 Å². The van der Waals surface area contributed by atoms with E-state index >= 15 is 0 Å². The largest absolute Gasteiger partial charge is 0.399 e. The highest BCUT2D eigenvalue weighted by Gasteiger charge is 2.54. The summed E-state index contributed by atoms with van der Waals surface area (Å²) in [7, 11) is 0. The molecule has 0 unspecified atom stereocenters. The molecule has 5 heteroatoms. The van der Waals surface area contributed by atoms with E-state index in [-0.39, 0.29) is 23.5 Å². The van der Waals surface area contributed by atoms with Crippen molar-refractivity contribution in [1.82, 2.24) is 0 Å². The van der Waals surface area contributed by atoms with Crippen LogP contribution in [0, 0.1) is 45.3 Å². The number of allylic oxidation sites excluding steroid dienone is 4. The van der Waals surface area contributed by atoms with Crippen LogP contribution in [0.1, 0.15) is 35.1 Å². The third kappa shape index (κ3) is 2.55. The standard InChI is InChI=1S/C23H18N4S/c24-12-19-17-9-8-16(15-5-2-1-3-6-15)11-18(17)21(20-7-4-10-28-20)23(13-25,14-26)22(19)27/h1-7,9-10,16,18,21H,8,11,27H2/t16-,18+,21-/m1/s1. The van der Waals surface area contributed by atoms with Crippen molar-refractivity contribution in [3.05, 3.63) is 81.2 Å². The topological polar surface area (TPSA) is 97.4 Å². The van der Waals surface area contributed by atoms with Crippen LogP contribution < -0.4 is 5.73 Å². The summed E-state index contributed by atoms with van der Waals surface area (Å²) in [4.78, 5) is 0.965. The van der Waals surface area contributed by atoms with E-state index in [0.717, 1.165) is 23.3 Å². The van der Waals surface area contributed by atoms with Gasteiger partial charge in [-0.25, -0.2) is 0 Å². The molecule has 3 atom stereocenters. The Bertz CT molecular complexity index is 1060. The van der Waals surface area contributed by atoms with E-state index in [0.29, 0.717) is 5.57 Å². The van der Waals surface area contributed by atoms with Crippen molar-refractivity contribution in [2.75, 3.05) is 0 Å². The van der Waals surface area contributed by atoms with Crippen LogP contribution in [-0.4, -0.2) is 0 Å². The van der Waals surface area contributed by atoms with Crippen LogP contribution in [-0.2, 0) is 0 Å². The fraction of sp³-hybridized carbons (Fsp3) is 0.261. The summed E-state index contributed by atoms with van der Waals surface area (Å²) in [5.74, 6) is -0.192. The zero-order valence-corrected chi connectivity index (χ0v) is 16.0. The third-order valence-corrected chi connectivity index (χ3v) is 6.95. The highest BCUT2D eigenvalue weighted by Crippen LogP contribution is 2.58. The first kappa shape index (κ1) is 18.1. The molecule has 0 bridgehead atoms. The van der Waals surface area contributed by atoms with E-state index < -0.39 is 5.41 Å². The third-order valence-electron chi connectivity index (χ3n) is 6.00. The first-order chi connectivity index (χ1) is 13.7. The molecule has 136 valence electrons. The number of benzene rings is 1. The highest BCUT2D eigenvalue weighted by molar-refractivity contribution is 7.10. The van der Waals surface area contributed by atoms with E-state index in [1.807, 2.05) is 35.7 Å². The van der Waals surface area contributed by atoms with E-state index in [1.54, 1.807) is 0 Å². The van der Waals surface area contributed by atoms with Crippen LogP contribution in [0.4, 0.5) is 0 Å². The fourth-order valence-corrected chi connectivity index (χ4v) is 5.62. The Morgan fingerprint density at radius 2 is 1.79 bits per heavy atom. The minimum atomic E-state index is -1.53. The minimum Gasteiger partial charge on any atom is -0.399 e. The van der Waals surface area contributed by atoms with Gasteiger partial charge >= 0.3 is 0 Å². The lowest BCUT2D eigenvalue weighted by molar-refractivity contribution is 0.307. The molecule has 0 spiro atoms. The summed E-state index contributed by atoms with van der Waals surface area (Å²) in [6.07, 6.45) is 3.69. The molecule has 0 saturated carbocycles. The molecule has 2 aliphatic carbocycles. The van der Waals surface area contributed by atoms with Gasteiger partial charge in [-0.15, -0.1) is 11.3 Å². The van der Waals surface area contributed by atoms with Crippen LogP contribution >= 0.6 is 11.3 Å². The van der Waals surface area contributed by atoms with Gasteiger partial charge < -0.3 is 5.73 Å². The molecule has 1 heterocycles. The maximum Gasteiger partial charge on any atom is 0.192 e. The summed E-state index contributed by atoms with van der Waals surface area (Å²) in [5.41, 5.74) is 7.33. The Morgan fingerprint density at radius 3 is 2.39 bits per heavy atom. The number of nitriles is 3. The molecule has 0 saturated heterocycles. The van der Waals surface area contributed by atoms with Gasteiger partial charge in [0, 0.05) is 10.8 Å². The lowest BCUT2D eigenvalue weighted by Gasteiger charge is -2.44. The van der Waals surface area contributed by atoms with E-state index in [2.05, 4.69) is 36.4 Å². The first-order valence-electron chi connectivity index (χ1n) is 9.18. The smallest absolute Gasteiger partial charge is 0.192 e. The molecule has 2 aliphatic rings. The molecular weight excluding hydrogens is 364 g/mol. The molecule has 2 N–H and O–H groups in total. The Labute approximate surface area is 168 Å². The zero-order chi connectivity index (χ0) is 19.7. The van der Waals surface area contributed by atoms with Crippen LogP contribution in [0.2, 0.25) is 0 Å². The fourth-order valence-electron chi connectivity index (χ4n) is 4.66. The highest BCUT2D eigenvalue weighted by atomic mass is 32.1. The van der Waals surface area contributed by atoms with Gasteiger partial charge in [-0.2, -0.15) is 15.8 Å². The van der Waals surface area contributed by atoms with E-state index in [1.165, 1.54) is 16.9 Å². The number of nitrogens with zero attached hydrogens (tertiary/aromatic N) is 3. The molecule has 0 amide bonds. The van der Waals surface area contributed by atoms with Crippen LogP contribution in [0.15, 0.2) is 70.8 Å². The second-order valence-corrected chi connectivity index (χ2v) is 8.25. The second kappa shape index (κ2) is 7.01. The van der Waals surface area contributed by atoms with Crippen molar-refractivity contribution in [2.45, 2.75) is 24.7 Å². The molecule has 4 rings (SSSR count). The molecular formula is C23H18N4S. The Kier molecular flexibility index (Phi) is 4.52. The molecule has 0 aliphatic heterocycles. The molecule has 1 aromatic heterocycles. The van der Waals surface area contributed by atoms with Crippen molar-refractivity contribution in [3.8, 4) is 18.2 Å². The summed E-state index contributed by atoms with van der Waals surface area (Å²) < 4.78 is 0. The summed E-state index contributed by atoms with van der Waals surface area (Å²) in [6, 6.07) is 20.7. The van der Waals surface area contributed by atoms with Crippen LogP contribution in [0.25, 0.3) is 0 Å². The van der Waals surface area contributed by atoms with Crippen LogP contribution in [0.5, 0.6) is 0 Å². The maximum atomic E-state index is 10.1. The van der Waals surface area contributed by atoms with Gasteiger partial charge in [0.05, 0.1) is 23.4 Å². The van der Waals surface area contributed by atoms with Gasteiger partial charge in [0.2, 0.25) is 0 Å². The zero-order valence-electron chi connectivity index (χ0n) is 15.2. The molecule has 1 aromatic carbocycles. The lowest BCUT2D eigenvalue weighted by atomic mass is 9.57. The van der Waals surface area contributed by atoms with Crippen molar-refractivity contribution in [1.29, 1.82) is 15.8 Å². The normalized spacial score (nSPS) is 25.6. The SMILES string of the molecule is N#CC1=C(N)C(C#N)(C#N)[C@@H](c2cccs2)[C@H]2C[C@H](c3ccccc3)CC=C12. The Morgan fingerprint density at radius 1 is 1.04 bits per heavy atom. The number of nitrogens with two attached hydrogens (primary N) is 1. The molecule has 0 radical (unpaired) electrons. The molecule has 28 heavy (non-hydrogen) atoms. The van der Waals surface area contributed by atoms with Gasteiger partial charge in [-0.1, -0.05) is 42.5 Å². The van der Waals surface area contributed by atoms with Crippen molar-refractivity contribution in [2.24, 2.45) is 17.1 Å². The van der Waals surface area contributed by atoms with Crippen molar-refractivity contribution >= 4 is 11.3 Å². The first-order valence-corrected chi connectivity index (χ1v) is 10.1. The Hall–Kier alpha value is -3.33. The van der Waals surface area contributed by atoms with Gasteiger partial charge in [0.25, 0.3) is 0 Å². The maximum absolute atomic E-state index is 10.1. The number of rotatable bonds is 2. The average Bonchev–Trinajstić information content (AvgIpc) is 3.27. The van der Waals surface area contributed by atoms with Crippen molar-refractivity contribution in [3.63, 3.8) is 0 Å². The monoisotopic (exact) mass is 382 g/mol. The second-order valence-electron chi connectivity index (χ2n) is 7.27. The van der Waals surface area contributed by atoms with E-state index in [9.17, 15) is 15.8 Å². The molecule has 4 nitrogen and oxygen atoms in total. The number of fused-ring (bicyclic) bond motifs is 1. The lowest BCUT2D eigenvalue weighted by Crippen LogP contribution is -2.43. The van der Waals surface area contributed by atoms with Gasteiger partial charge in [0.1, 0.15) is 6.07 Å². The number of hydrogen-bond acceptors (Lipinski definition) is 5. The Balaban J connectivity index is 1.91. The van der Waals surface area contributed by atoms with Gasteiger partial charge in [-0.05, 0) is 47.3 Å². The molecule has 0 fully saturated rings. The number of hydrogen-bond donors (Lipinski definition) is 1. The summed E-state index contributed by atoms with van der Waals surface area (Å²) in [5, 5.41) is 31.8. The van der Waals surface area contributed by atoms with Crippen LogP contribution in [0.3, 0.4) is 0 Å². The van der Waals surface area contributed by atoms with Crippen molar-refractivity contribution < 1.29 is 0 Å². The quantitative estimate of drug-likeness (QED) is 0.811. The van der Waals surface area contributed by atoms with Gasteiger partial charge in [0.15, 0.2) is 5.41 Å². The number of thiophene rings is 1. The average molecular weight is 382 g/mol. The summed E-state index contributed by atoms with van der Waals surface area (Å²) in [6.45, 7) is 0. The molecule has 2 aromatic rings.